The summed E-state index contributed by atoms with van der Waals surface area (Å²) >= 11 is 0. The average Bonchev–Trinajstić information content (AvgIpc) is 2.58. The van der Waals surface area contributed by atoms with Crippen molar-refractivity contribution in [3.05, 3.63) is 35.5 Å². The number of carbonyl (C=O) groups is 1. The van der Waals surface area contributed by atoms with Crippen LogP contribution in [0.5, 0.6) is 0 Å². The zero-order valence-electron chi connectivity index (χ0n) is 8.52. The molecule has 1 aromatic carbocycles. The molecule has 0 fully saturated rings. The van der Waals surface area contributed by atoms with Crippen molar-refractivity contribution in [2.45, 2.75) is 6.92 Å². The lowest BCUT2D eigenvalue weighted by Crippen LogP contribution is -2.04. The molecule has 0 amide bonds. The van der Waals surface area contributed by atoms with Gasteiger partial charge in [-0.1, -0.05) is 18.2 Å². The van der Waals surface area contributed by atoms with Crippen molar-refractivity contribution in [1.82, 2.24) is 4.73 Å². The van der Waals surface area contributed by atoms with Gasteiger partial charge in [-0.3, -0.25) is 0 Å². The number of aryl methyl sites for hydroxylation is 1. The van der Waals surface area contributed by atoms with E-state index in [1.807, 2.05) is 19.1 Å². The summed E-state index contributed by atoms with van der Waals surface area (Å²) in [6, 6.07) is 5.54. The molecule has 1 aromatic heterocycles. The van der Waals surface area contributed by atoms with Crippen LogP contribution in [0.1, 0.15) is 15.9 Å². The van der Waals surface area contributed by atoms with Crippen LogP contribution in [0.15, 0.2) is 24.4 Å². The highest BCUT2D eigenvalue weighted by atomic mass is 16.6. The Hall–Kier alpha value is -1.97. The molecule has 15 heavy (non-hydrogen) atoms. The third-order valence-corrected chi connectivity index (χ3v) is 2.42. The number of fused-ring (bicyclic) bond motifs is 1. The number of nitrogens with zero attached hydrogens (tertiary/aromatic N) is 1. The Labute approximate surface area is 86.7 Å². The van der Waals surface area contributed by atoms with Crippen molar-refractivity contribution in [1.29, 1.82) is 0 Å². The van der Waals surface area contributed by atoms with E-state index in [0.717, 1.165) is 11.1 Å². The van der Waals surface area contributed by atoms with Crippen LogP contribution in [0.3, 0.4) is 0 Å². The molecule has 4 heteroatoms. The second-order valence-corrected chi connectivity index (χ2v) is 3.33. The fourth-order valence-electron chi connectivity index (χ4n) is 1.73. The quantitative estimate of drug-likeness (QED) is 0.811. The molecule has 0 radical (unpaired) electrons. The Balaban J connectivity index is 2.87. The second kappa shape index (κ2) is 3.31. The maximum atomic E-state index is 11.0. The third-order valence-electron chi connectivity index (χ3n) is 2.42. The first-order chi connectivity index (χ1) is 7.15. The molecule has 0 aliphatic rings. The topological polar surface area (TPSA) is 51.5 Å². The number of aromatic carboxylic acids is 1. The lowest BCUT2D eigenvalue weighted by atomic mass is 10.1. The van der Waals surface area contributed by atoms with Crippen molar-refractivity contribution < 1.29 is 14.7 Å². The summed E-state index contributed by atoms with van der Waals surface area (Å²) in [6.07, 6.45) is 1.49. The maximum Gasteiger partial charge on any atom is 0.338 e. The Bertz CT molecular complexity index is 528. The molecule has 0 unspecified atom stereocenters. The summed E-state index contributed by atoms with van der Waals surface area (Å²) < 4.78 is 1.48. The minimum Gasteiger partial charge on any atom is -0.478 e. The summed E-state index contributed by atoms with van der Waals surface area (Å²) in [7, 11) is 1.51. The average molecular weight is 205 g/mol. The zero-order chi connectivity index (χ0) is 11.0. The summed E-state index contributed by atoms with van der Waals surface area (Å²) in [5, 5.41) is 9.71. The highest BCUT2D eigenvalue weighted by Gasteiger charge is 2.15. The molecular weight excluding hydrogens is 194 g/mol. The number of hydrogen-bond donors (Lipinski definition) is 1. The van der Waals surface area contributed by atoms with Crippen LogP contribution < -0.4 is 4.84 Å². The minimum absolute atomic E-state index is 0.260. The molecule has 2 rings (SSSR count). The van der Waals surface area contributed by atoms with Gasteiger partial charge in [0.1, 0.15) is 7.11 Å². The summed E-state index contributed by atoms with van der Waals surface area (Å²) in [5.74, 6) is -0.943. The van der Waals surface area contributed by atoms with E-state index in [1.165, 1.54) is 18.0 Å². The molecule has 1 N–H and O–H groups in total. The number of rotatable bonds is 2. The van der Waals surface area contributed by atoms with Gasteiger partial charge in [-0.2, -0.15) is 4.73 Å². The van der Waals surface area contributed by atoms with E-state index < -0.39 is 5.97 Å². The maximum absolute atomic E-state index is 11.0. The van der Waals surface area contributed by atoms with Crippen LogP contribution >= 0.6 is 0 Å². The molecule has 2 aromatic rings. The van der Waals surface area contributed by atoms with E-state index >= 15 is 0 Å². The fraction of sp³-hybridized carbons (Fsp3) is 0.182. The molecule has 0 aliphatic carbocycles. The van der Waals surface area contributed by atoms with Gasteiger partial charge in [-0.15, -0.1) is 0 Å². The summed E-state index contributed by atoms with van der Waals surface area (Å²) in [6.45, 7) is 1.92. The molecule has 0 bridgehead atoms. The molecule has 0 saturated carbocycles. The predicted octanol–water partition coefficient (Wildman–Crippen LogP) is 1.71. The van der Waals surface area contributed by atoms with Gasteiger partial charge in [0.2, 0.25) is 0 Å². The molecule has 78 valence electrons. The molecular formula is C11H11NO3. The number of carboxylic acids is 1. The Morgan fingerprint density at radius 1 is 1.47 bits per heavy atom. The molecule has 0 saturated heterocycles. The van der Waals surface area contributed by atoms with E-state index in [9.17, 15) is 4.79 Å². The second-order valence-electron chi connectivity index (χ2n) is 3.33. The van der Waals surface area contributed by atoms with Gasteiger partial charge in [0.05, 0.1) is 17.3 Å². The van der Waals surface area contributed by atoms with Crippen LogP contribution in [0.25, 0.3) is 10.9 Å². The van der Waals surface area contributed by atoms with Crippen molar-refractivity contribution in [2.24, 2.45) is 0 Å². The summed E-state index contributed by atoms with van der Waals surface area (Å²) in [4.78, 5) is 16.1. The first-order valence-electron chi connectivity index (χ1n) is 4.53. The first kappa shape index (κ1) is 9.58. The van der Waals surface area contributed by atoms with Crippen molar-refractivity contribution in [3.63, 3.8) is 0 Å². The monoisotopic (exact) mass is 205 g/mol. The normalized spacial score (nSPS) is 10.5. The van der Waals surface area contributed by atoms with Gasteiger partial charge >= 0.3 is 5.97 Å². The van der Waals surface area contributed by atoms with E-state index in [-0.39, 0.29) is 5.56 Å². The molecule has 0 atom stereocenters. The fourth-order valence-corrected chi connectivity index (χ4v) is 1.73. The van der Waals surface area contributed by atoms with Gasteiger partial charge in [0, 0.05) is 5.39 Å². The van der Waals surface area contributed by atoms with E-state index in [2.05, 4.69) is 0 Å². The van der Waals surface area contributed by atoms with Crippen LogP contribution in [-0.4, -0.2) is 22.9 Å². The number of para-hydroxylation sites is 1. The standard InChI is InChI=1S/C11H11NO3/c1-7-4-3-5-8-9(11(13)14)6-12(15-2)10(7)8/h3-6H,1-2H3,(H,13,14). The lowest BCUT2D eigenvalue weighted by Gasteiger charge is -2.03. The summed E-state index contributed by atoms with van der Waals surface area (Å²) in [5.41, 5.74) is 2.05. The van der Waals surface area contributed by atoms with Crippen LogP contribution in [0, 0.1) is 6.92 Å². The van der Waals surface area contributed by atoms with Crippen LogP contribution in [0.2, 0.25) is 0 Å². The van der Waals surface area contributed by atoms with E-state index in [4.69, 9.17) is 9.94 Å². The highest BCUT2D eigenvalue weighted by Crippen LogP contribution is 2.23. The number of hydrogen-bond acceptors (Lipinski definition) is 2. The lowest BCUT2D eigenvalue weighted by molar-refractivity contribution is 0.0696. The third kappa shape index (κ3) is 1.34. The predicted molar refractivity (Wildman–Crippen MR) is 56.1 cm³/mol. The highest BCUT2D eigenvalue weighted by molar-refractivity contribution is 6.04. The number of aromatic nitrogens is 1. The first-order valence-corrected chi connectivity index (χ1v) is 4.53. The van der Waals surface area contributed by atoms with Crippen LogP contribution in [-0.2, 0) is 0 Å². The van der Waals surface area contributed by atoms with Crippen molar-refractivity contribution >= 4 is 16.9 Å². The van der Waals surface area contributed by atoms with E-state index in [1.54, 1.807) is 6.07 Å². The molecule has 4 nitrogen and oxygen atoms in total. The largest absolute Gasteiger partial charge is 0.478 e. The van der Waals surface area contributed by atoms with Gasteiger partial charge in [-0.05, 0) is 12.5 Å². The molecule has 0 aliphatic heterocycles. The Kier molecular flexibility index (Phi) is 2.11. The smallest absolute Gasteiger partial charge is 0.338 e. The Morgan fingerprint density at radius 2 is 2.20 bits per heavy atom. The van der Waals surface area contributed by atoms with Gasteiger partial charge in [0.25, 0.3) is 0 Å². The number of benzene rings is 1. The molecule has 0 spiro atoms. The molecule has 1 heterocycles. The SMILES string of the molecule is COn1cc(C(=O)O)c2cccc(C)c21. The van der Waals surface area contributed by atoms with Gasteiger partial charge < -0.3 is 9.94 Å². The number of carboxylic acid groups (broad SMARTS) is 1. The van der Waals surface area contributed by atoms with Gasteiger partial charge in [0.15, 0.2) is 0 Å². The van der Waals surface area contributed by atoms with Crippen molar-refractivity contribution in [3.8, 4) is 0 Å². The zero-order valence-corrected chi connectivity index (χ0v) is 8.52. The van der Waals surface area contributed by atoms with Gasteiger partial charge in [-0.25, -0.2) is 4.79 Å². The minimum atomic E-state index is -0.943. The van der Waals surface area contributed by atoms with E-state index in [0.29, 0.717) is 5.39 Å². The Morgan fingerprint density at radius 3 is 2.80 bits per heavy atom. The van der Waals surface area contributed by atoms with Crippen LogP contribution in [0.4, 0.5) is 0 Å². The van der Waals surface area contributed by atoms with Crippen molar-refractivity contribution in [2.75, 3.05) is 7.11 Å².